The molecule has 1 N–H and O–H groups in total. The van der Waals surface area contributed by atoms with Crippen LogP contribution < -0.4 is 0 Å². The highest BCUT2D eigenvalue weighted by molar-refractivity contribution is 7.98. The van der Waals surface area contributed by atoms with Crippen molar-refractivity contribution in [3.63, 3.8) is 0 Å². The van der Waals surface area contributed by atoms with Gasteiger partial charge in [-0.1, -0.05) is 0 Å². The van der Waals surface area contributed by atoms with Crippen LogP contribution in [0.2, 0.25) is 0 Å². The van der Waals surface area contributed by atoms with Crippen molar-refractivity contribution in [3.05, 3.63) is 0 Å². The standard InChI is InChI=1S/C10H19NO2S/c1-14-8-2-5-11-6-3-9(4-7-11)10(12)13/h9H,2-8H2,1H3,(H,12,13). The number of piperidine rings is 1. The minimum absolute atomic E-state index is 0.0909. The van der Waals surface area contributed by atoms with Crippen LogP contribution in [0.1, 0.15) is 19.3 Å². The molecule has 0 bridgehead atoms. The minimum Gasteiger partial charge on any atom is -0.481 e. The molecule has 1 rings (SSSR count). The predicted octanol–water partition coefficient (Wildman–Crippen LogP) is 1.54. The first-order valence-electron chi connectivity index (χ1n) is 5.18. The Morgan fingerprint density at radius 2 is 2.14 bits per heavy atom. The lowest BCUT2D eigenvalue weighted by Crippen LogP contribution is -2.36. The van der Waals surface area contributed by atoms with Crippen LogP contribution in [-0.4, -0.2) is 47.6 Å². The monoisotopic (exact) mass is 217 g/mol. The van der Waals surface area contributed by atoms with Crippen molar-refractivity contribution < 1.29 is 9.90 Å². The van der Waals surface area contributed by atoms with Crippen molar-refractivity contribution in [2.24, 2.45) is 5.92 Å². The summed E-state index contributed by atoms with van der Waals surface area (Å²) in [6, 6.07) is 0. The Morgan fingerprint density at radius 3 is 2.64 bits per heavy atom. The van der Waals surface area contributed by atoms with Crippen LogP contribution in [0, 0.1) is 5.92 Å². The van der Waals surface area contributed by atoms with Crippen molar-refractivity contribution in [1.29, 1.82) is 0 Å². The van der Waals surface area contributed by atoms with E-state index in [2.05, 4.69) is 11.2 Å². The van der Waals surface area contributed by atoms with Gasteiger partial charge in [0, 0.05) is 0 Å². The van der Waals surface area contributed by atoms with Crippen molar-refractivity contribution in [3.8, 4) is 0 Å². The fourth-order valence-electron chi connectivity index (χ4n) is 1.84. The summed E-state index contributed by atoms with van der Waals surface area (Å²) >= 11 is 1.87. The van der Waals surface area contributed by atoms with E-state index in [4.69, 9.17) is 5.11 Å². The van der Waals surface area contributed by atoms with Gasteiger partial charge in [-0.3, -0.25) is 4.79 Å². The van der Waals surface area contributed by atoms with Crippen LogP contribution in [0.25, 0.3) is 0 Å². The molecule has 0 radical (unpaired) electrons. The summed E-state index contributed by atoms with van der Waals surface area (Å²) in [7, 11) is 0. The van der Waals surface area contributed by atoms with Gasteiger partial charge in [0.1, 0.15) is 0 Å². The molecule has 0 aromatic carbocycles. The molecule has 82 valence electrons. The normalized spacial score (nSPS) is 19.8. The molecule has 1 fully saturated rings. The van der Waals surface area contributed by atoms with E-state index >= 15 is 0 Å². The SMILES string of the molecule is CSCCCN1CCC(C(=O)O)CC1. The Morgan fingerprint density at radius 1 is 1.50 bits per heavy atom. The molecule has 0 saturated carbocycles. The molecule has 0 atom stereocenters. The van der Waals surface area contributed by atoms with E-state index in [1.807, 2.05) is 11.8 Å². The molecule has 0 spiro atoms. The number of hydrogen-bond donors (Lipinski definition) is 1. The van der Waals surface area contributed by atoms with Gasteiger partial charge in [0.05, 0.1) is 5.92 Å². The van der Waals surface area contributed by atoms with E-state index in [-0.39, 0.29) is 5.92 Å². The average molecular weight is 217 g/mol. The number of nitrogens with zero attached hydrogens (tertiary/aromatic N) is 1. The average Bonchev–Trinajstić information content (AvgIpc) is 2.19. The molecule has 14 heavy (non-hydrogen) atoms. The molecule has 1 heterocycles. The van der Waals surface area contributed by atoms with Gasteiger partial charge in [0.25, 0.3) is 0 Å². The summed E-state index contributed by atoms with van der Waals surface area (Å²) < 4.78 is 0. The molecule has 0 amide bonds. The van der Waals surface area contributed by atoms with Gasteiger partial charge in [0.15, 0.2) is 0 Å². The van der Waals surface area contributed by atoms with E-state index < -0.39 is 5.97 Å². The molecular weight excluding hydrogens is 198 g/mol. The Labute approximate surface area is 89.9 Å². The minimum atomic E-state index is -0.617. The number of rotatable bonds is 5. The molecule has 1 saturated heterocycles. The number of carboxylic acids is 1. The fourth-order valence-corrected chi connectivity index (χ4v) is 2.25. The maximum Gasteiger partial charge on any atom is 0.306 e. The first-order valence-corrected chi connectivity index (χ1v) is 6.57. The van der Waals surface area contributed by atoms with E-state index in [1.165, 1.54) is 12.2 Å². The Balaban J connectivity index is 2.12. The lowest BCUT2D eigenvalue weighted by molar-refractivity contribution is -0.143. The van der Waals surface area contributed by atoms with Crippen molar-refractivity contribution in [2.45, 2.75) is 19.3 Å². The van der Waals surface area contributed by atoms with Crippen molar-refractivity contribution >= 4 is 17.7 Å². The van der Waals surface area contributed by atoms with Gasteiger partial charge >= 0.3 is 5.97 Å². The summed E-state index contributed by atoms with van der Waals surface area (Å²) in [5, 5.41) is 8.82. The zero-order chi connectivity index (χ0) is 10.4. The van der Waals surface area contributed by atoms with Gasteiger partial charge < -0.3 is 10.0 Å². The molecule has 0 aliphatic carbocycles. The quantitative estimate of drug-likeness (QED) is 0.709. The lowest BCUT2D eigenvalue weighted by atomic mass is 9.97. The third kappa shape index (κ3) is 3.88. The first-order chi connectivity index (χ1) is 6.74. The number of likely N-dealkylation sites (tertiary alicyclic amines) is 1. The van der Waals surface area contributed by atoms with Gasteiger partial charge in [-0.05, 0) is 50.9 Å². The van der Waals surface area contributed by atoms with Crippen LogP contribution in [0.4, 0.5) is 0 Å². The second-order valence-electron chi connectivity index (χ2n) is 3.80. The topological polar surface area (TPSA) is 40.5 Å². The highest BCUT2D eigenvalue weighted by Gasteiger charge is 2.23. The van der Waals surface area contributed by atoms with Gasteiger partial charge in [-0.15, -0.1) is 0 Å². The third-order valence-corrected chi connectivity index (χ3v) is 3.46. The second-order valence-corrected chi connectivity index (χ2v) is 4.79. The predicted molar refractivity (Wildman–Crippen MR) is 59.8 cm³/mol. The van der Waals surface area contributed by atoms with Crippen LogP contribution in [0.5, 0.6) is 0 Å². The van der Waals surface area contributed by atoms with E-state index in [0.29, 0.717) is 0 Å². The van der Waals surface area contributed by atoms with Crippen LogP contribution in [-0.2, 0) is 4.79 Å². The van der Waals surface area contributed by atoms with Crippen molar-refractivity contribution in [2.75, 3.05) is 31.6 Å². The Bertz CT molecular complexity index is 179. The highest BCUT2D eigenvalue weighted by atomic mass is 32.2. The summed E-state index contributed by atoms with van der Waals surface area (Å²) in [4.78, 5) is 13.1. The molecule has 1 aliphatic rings. The Hall–Kier alpha value is -0.220. The summed E-state index contributed by atoms with van der Waals surface area (Å²) in [5.74, 6) is 0.499. The van der Waals surface area contributed by atoms with Crippen LogP contribution >= 0.6 is 11.8 Å². The summed E-state index contributed by atoms with van der Waals surface area (Å²) in [6.45, 7) is 3.06. The lowest BCUT2D eigenvalue weighted by Gasteiger charge is -2.29. The van der Waals surface area contributed by atoms with E-state index in [0.717, 1.165) is 32.5 Å². The zero-order valence-electron chi connectivity index (χ0n) is 8.74. The van der Waals surface area contributed by atoms with Crippen LogP contribution in [0.15, 0.2) is 0 Å². The molecule has 4 heteroatoms. The van der Waals surface area contributed by atoms with Crippen molar-refractivity contribution in [1.82, 2.24) is 4.90 Å². The van der Waals surface area contributed by atoms with Gasteiger partial charge in [0.2, 0.25) is 0 Å². The van der Waals surface area contributed by atoms with Gasteiger partial charge in [-0.25, -0.2) is 0 Å². The highest BCUT2D eigenvalue weighted by Crippen LogP contribution is 2.17. The second kappa shape index (κ2) is 6.30. The first kappa shape index (κ1) is 11.9. The molecule has 0 aromatic heterocycles. The van der Waals surface area contributed by atoms with E-state index in [1.54, 1.807) is 0 Å². The summed E-state index contributed by atoms with van der Waals surface area (Å²) in [5.41, 5.74) is 0. The Kier molecular flexibility index (Phi) is 5.33. The maximum absolute atomic E-state index is 10.7. The molecule has 0 aromatic rings. The molecule has 1 aliphatic heterocycles. The maximum atomic E-state index is 10.7. The number of carbonyl (C=O) groups is 1. The molecule has 3 nitrogen and oxygen atoms in total. The number of hydrogen-bond acceptors (Lipinski definition) is 3. The smallest absolute Gasteiger partial charge is 0.306 e. The third-order valence-electron chi connectivity index (χ3n) is 2.76. The summed E-state index contributed by atoms with van der Waals surface area (Å²) in [6.07, 6.45) is 5.00. The largest absolute Gasteiger partial charge is 0.481 e. The number of aliphatic carboxylic acids is 1. The molecular formula is C10H19NO2S. The number of thioether (sulfide) groups is 1. The zero-order valence-corrected chi connectivity index (χ0v) is 9.55. The molecule has 0 unspecified atom stereocenters. The van der Waals surface area contributed by atoms with Gasteiger partial charge in [-0.2, -0.15) is 11.8 Å². The number of carboxylic acid groups (broad SMARTS) is 1. The van der Waals surface area contributed by atoms with Crippen LogP contribution in [0.3, 0.4) is 0 Å². The van der Waals surface area contributed by atoms with E-state index in [9.17, 15) is 4.79 Å². The fraction of sp³-hybridized carbons (Fsp3) is 0.900.